The van der Waals surface area contributed by atoms with Crippen LogP contribution in [0.1, 0.15) is 21.5 Å². The van der Waals surface area contributed by atoms with Crippen LogP contribution in [0.3, 0.4) is 0 Å². The number of alkyl halides is 3. The Labute approximate surface area is 257 Å². The van der Waals surface area contributed by atoms with Crippen molar-refractivity contribution in [3.63, 3.8) is 0 Å². The number of carboxylic acid groups (broad SMARTS) is 1. The minimum atomic E-state index is -4.72. The van der Waals surface area contributed by atoms with E-state index in [0.717, 1.165) is 16.1 Å². The number of thioether (sulfide) groups is 1. The Hall–Kier alpha value is -3.37. The SMILES string of the molecule is O=C(Nc1ccc(CC(NC(=O)[C@H]2CSCN2S(=O)(=O)c2ccc(C(F)(F)F)cn2)C(=O)O)cc1)c1c(Cl)cccc1Cl. The van der Waals surface area contributed by atoms with Crippen LogP contribution >= 0.6 is 35.0 Å². The number of amides is 2. The highest BCUT2D eigenvalue weighted by molar-refractivity contribution is 8.00. The number of anilines is 1. The van der Waals surface area contributed by atoms with Crippen LogP contribution < -0.4 is 10.6 Å². The molecule has 1 fully saturated rings. The number of rotatable bonds is 9. The van der Waals surface area contributed by atoms with Gasteiger partial charge in [0, 0.05) is 24.1 Å². The highest BCUT2D eigenvalue weighted by Crippen LogP contribution is 2.31. The van der Waals surface area contributed by atoms with Gasteiger partial charge in [0.15, 0.2) is 5.03 Å². The summed E-state index contributed by atoms with van der Waals surface area (Å²) in [5, 5.41) is 14.4. The Morgan fingerprint density at radius 1 is 1.07 bits per heavy atom. The predicted octanol–water partition coefficient (Wildman–Crippen LogP) is 4.54. The highest BCUT2D eigenvalue weighted by atomic mass is 35.5. The number of aromatic nitrogens is 1. The number of hydrogen-bond donors (Lipinski definition) is 3. The average Bonchev–Trinajstić information content (AvgIpc) is 3.44. The molecule has 0 saturated carbocycles. The molecule has 1 aliphatic rings. The molecular weight excluding hydrogens is 656 g/mol. The van der Waals surface area contributed by atoms with Gasteiger partial charge >= 0.3 is 12.1 Å². The summed E-state index contributed by atoms with van der Waals surface area (Å²) >= 11 is 13.2. The molecule has 0 aliphatic carbocycles. The second-order valence-corrected chi connectivity index (χ2v) is 12.8. The van der Waals surface area contributed by atoms with Gasteiger partial charge in [-0.15, -0.1) is 11.8 Å². The number of hydrogen-bond acceptors (Lipinski definition) is 7. The van der Waals surface area contributed by atoms with Crippen LogP contribution in [-0.4, -0.2) is 64.3 Å². The molecule has 0 bridgehead atoms. The minimum absolute atomic E-state index is 0.0120. The standard InChI is InChI=1S/C26H21Cl2F3N4O6S2/c27-17-2-1-3-18(28)22(17)24(37)33-16-7-4-14(5-8-16)10-19(25(38)39)34-23(36)20-12-42-13-35(20)43(40,41)21-9-6-15(11-32-21)26(29,30)31/h1-9,11,19-20H,10,12-13H2,(H,33,37)(H,34,36)(H,38,39)/t19?,20-/m1/s1. The van der Waals surface area contributed by atoms with Crippen LogP contribution in [0.5, 0.6) is 0 Å². The van der Waals surface area contributed by atoms with Gasteiger partial charge in [-0.1, -0.05) is 41.4 Å². The molecule has 1 saturated heterocycles. The summed E-state index contributed by atoms with van der Waals surface area (Å²) in [4.78, 5) is 41.0. The van der Waals surface area contributed by atoms with Gasteiger partial charge in [-0.3, -0.25) is 9.59 Å². The molecular formula is C26H21Cl2F3N4O6S2. The summed E-state index contributed by atoms with van der Waals surface area (Å²) in [6.45, 7) is 0. The van der Waals surface area contributed by atoms with E-state index in [2.05, 4.69) is 15.6 Å². The number of aliphatic carboxylic acids is 1. The maximum atomic E-state index is 13.1. The van der Waals surface area contributed by atoms with Crippen molar-refractivity contribution in [3.05, 3.63) is 87.5 Å². The molecule has 10 nitrogen and oxygen atoms in total. The third-order valence-corrected chi connectivity index (χ3v) is 9.81. The van der Waals surface area contributed by atoms with E-state index in [1.807, 2.05) is 0 Å². The number of sulfonamides is 1. The largest absolute Gasteiger partial charge is 0.480 e. The van der Waals surface area contributed by atoms with Crippen molar-refractivity contribution in [1.29, 1.82) is 0 Å². The molecule has 228 valence electrons. The first-order valence-corrected chi connectivity index (χ1v) is 15.5. The Morgan fingerprint density at radius 3 is 2.28 bits per heavy atom. The molecule has 2 aromatic carbocycles. The van der Waals surface area contributed by atoms with Crippen LogP contribution in [-0.2, 0) is 32.2 Å². The predicted molar refractivity (Wildman–Crippen MR) is 154 cm³/mol. The fourth-order valence-electron chi connectivity index (χ4n) is 4.03. The van der Waals surface area contributed by atoms with Crippen LogP contribution in [0.2, 0.25) is 10.0 Å². The molecule has 4 rings (SSSR count). The van der Waals surface area contributed by atoms with Crippen molar-refractivity contribution in [2.45, 2.75) is 29.7 Å². The molecule has 43 heavy (non-hydrogen) atoms. The van der Waals surface area contributed by atoms with Crippen LogP contribution in [0.15, 0.2) is 65.8 Å². The molecule has 1 unspecified atom stereocenters. The number of nitrogens with zero attached hydrogens (tertiary/aromatic N) is 2. The van der Waals surface area contributed by atoms with Crippen LogP contribution in [0, 0.1) is 0 Å². The van der Waals surface area contributed by atoms with Crippen molar-refractivity contribution in [2.75, 3.05) is 16.9 Å². The summed E-state index contributed by atoms with van der Waals surface area (Å²) in [7, 11) is -4.48. The molecule has 3 aromatic rings. The quantitative estimate of drug-likeness (QED) is 0.300. The van der Waals surface area contributed by atoms with Gasteiger partial charge in [0.2, 0.25) is 5.91 Å². The number of benzene rings is 2. The molecule has 17 heteroatoms. The zero-order valence-electron chi connectivity index (χ0n) is 21.6. The lowest BCUT2D eigenvalue weighted by Crippen LogP contribution is -2.52. The lowest BCUT2D eigenvalue weighted by atomic mass is 10.0. The smallest absolute Gasteiger partial charge is 0.417 e. The van der Waals surface area contributed by atoms with E-state index in [1.165, 1.54) is 36.4 Å². The zero-order valence-corrected chi connectivity index (χ0v) is 24.8. The van der Waals surface area contributed by atoms with Crippen molar-refractivity contribution in [2.24, 2.45) is 0 Å². The van der Waals surface area contributed by atoms with E-state index in [0.29, 0.717) is 29.6 Å². The van der Waals surface area contributed by atoms with E-state index in [-0.39, 0.29) is 33.7 Å². The summed E-state index contributed by atoms with van der Waals surface area (Å²) in [6, 6.07) is 9.19. The van der Waals surface area contributed by atoms with Gasteiger partial charge in [0.1, 0.15) is 12.1 Å². The Morgan fingerprint density at radius 2 is 1.72 bits per heavy atom. The van der Waals surface area contributed by atoms with Crippen LogP contribution in [0.25, 0.3) is 0 Å². The van der Waals surface area contributed by atoms with Gasteiger partial charge < -0.3 is 15.7 Å². The molecule has 3 N–H and O–H groups in total. The summed E-state index contributed by atoms with van der Waals surface area (Å²) in [5.74, 6) is -3.04. The summed E-state index contributed by atoms with van der Waals surface area (Å²) in [5.41, 5.74) is -0.220. The number of nitrogens with one attached hydrogen (secondary N) is 2. The lowest BCUT2D eigenvalue weighted by molar-refractivity contribution is -0.142. The van der Waals surface area contributed by atoms with Crippen molar-refractivity contribution in [3.8, 4) is 0 Å². The number of pyridine rings is 1. The van der Waals surface area contributed by atoms with Gasteiger partial charge in [-0.05, 0) is 42.0 Å². The number of carboxylic acids is 1. The maximum absolute atomic E-state index is 13.1. The van der Waals surface area contributed by atoms with E-state index in [4.69, 9.17) is 23.2 Å². The monoisotopic (exact) mass is 676 g/mol. The van der Waals surface area contributed by atoms with E-state index in [9.17, 15) is 41.1 Å². The van der Waals surface area contributed by atoms with E-state index in [1.54, 1.807) is 6.07 Å². The maximum Gasteiger partial charge on any atom is 0.417 e. The molecule has 2 amide bonds. The topological polar surface area (TPSA) is 146 Å². The molecule has 1 aromatic heterocycles. The van der Waals surface area contributed by atoms with Crippen molar-refractivity contribution >= 4 is 68.5 Å². The van der Waals surface area contributed by atoms with Gasteiger partial charge in [0.05, 0.1) is 27.0 Å². The molecule has 0 spiro atoms. The highest BCUT2D eigenvalue weighted by Gasteiger charge is 2.42. The zero-order chi connectivity index (χ0) is 31.5. The second-order valence-electron chi connectivity index (χ2n) is 9.14. The molecule has 2 heterocycles. The Kier molecular flexibility index (Phi) is 9.91. The van der Waals surface area contributed by atoms with E-state index < -0.39 is 56.7 Å². The first kappa shape index (κ1) is 32.5. The molecule has 1 aliphatic heterocycles. The van der Waals surface area contributed by atoms with Crippen LogP contribution in [0.4, 0.5) is 18.9 Å². The average molecular weight is 678 g/mol. The fraction of sp³-hybridized carbons (Fsp3) is 0.231. The Bertz CT molecular complexity index is 1620. The minimum Gasteiger partial charge on any atom is -0.480 e. The van der Waals surface area contributed by atoms with Gasteiger partial charge in [0.25, 0.3) is 15.9 Å². The normalized spacial score (nSPS) is 16.4. The summed E-state index contributed by atoms with van der Waals surface area (Å²) < 4.78 is 65.5. The Balaban J connectivity index is 1.43. The lowest BCUT2D eigenvalue weighted by Gasteiger charge is -2.24. The number of carbonyl (C=O) groups excluding carboxylic acids is 2. The number of carbonyl (C=O) groups is 3. The molecule has 2 atom stereocenters. The number of halogens is 5. The third-order valence-electron chi connectivity index (χ3n) is 6.24. The van der Waals surface area contributed by atoms with Gasteiger partial charge in [-0.25, -0.2) is 18.2 Å². The van der Waals surface area contributed by atoms with Crippen molar-refractivity contribution < 1.29 is 41.1 Å². The third kappa shape index (κ3) is 7.59. The first-order valence-electron chi connectivity index (χ1n) is 12.2. The first-order chi connectivity index (χ1) is 20.2. The molecule has 0 radical (unpaired) electrons. The van der Waals surface area contributed by atoms with Crippen molar-refractivity contribution in [1.82, 2.24) is 14.6 Å². The second kappa shape index (κ2) is 13.1. The van der Waals surface area contributed by atoms with Gasteiger partial charge in [-0.2, -0.15) is 17.5 Å². The van der Waals surface area contributed by atoms with E-state index >= 15 is 0 Å². The summed E-state index contributed by atoms with van der Waals surface area (Å²) in [6.07, 6.45) is -4.51. The fourth-order valence-corrected chi connectivity index (χ4v) is 7.66.